The summed E-state index contributed by atoms with van der Waals surface area (Å²) in [5.41, 5.74) is 11.8. The van der Waals surface area contributed by atoms with E-state index >= 15 is 0 Å². The Morgan fingerprint density at radius 2 is 1.90 bits per heavy atom. The number of fused-ring (bicyclic) bond motifs is 1. The van der Waals surface area contributed by atoms with Crippen LogP contribution in [-0.2, 0) is 12.2 Å². The number of aromatic amines is 1. The van der Waals surface area contributed by atoms with E-state index in [4.69, 9.17) is 10.5 Å². The van der Waals surface area contributed by atoms with Crippen molar-refractivity contribution in [3.8, 4) is 11.9 Å². The highest BCUT2D eigenvalue weighted by Gasteiger charge is 2.35. The Morgan fingerprint density at radius 1 is 1.17 bits per heavy atom. The number of hydrogen-bond acceptors (Lipinski definition) is 5. The minimum Gasteiger partial charge on any atom is -0.420 e. The van der Waals surface area contributed by atoms with Crippen molar-refractivity contribution in [2.24, 2.45) is 5.73 Å². The molecule has 0 saturated carbocycles. The molecule has 3 aromatic rings. The van der Waals surface area contributed by atoms with Crippen LogP contribution in [0.1, 0.15) is 40.8 Å². The second kappa shape index (κ2) is 8.06. The van der Waals surface area contributed by atoms with E-state index in [1.54, 1.807) is 11.8 Å². The molecule has 0 saturated heterocycles. The highest BCUT2D eigenvalue weighted by atomic mass is 32.2. The van der Waals surface area contributed by atoms with Gasteiger partial charge in [-0.2, -0.15) is 5.26 Å². The van der Waals surface area contributed by atoms with Gasteiger partial charge in [0.15, 0.2) is 0 Å². The van der Waals surface area contributed by atoms with Crippen molar-refractivity contribution >= 4 is 11.8 Å². The summed E-state index contributed by atoms with van der Waals surface area (Å²) in [6, 6.07) is 19.0. The van der Waals surface area contributed by atoms with Crippen molar-refractivity contribution in [2.45, 2.75) is 36.8 Å². The molecule has 3 N–H and O–H groups in total. The number of H-pyrrole nitrogens is 1. The van der Waals surface area contributed by atoms with Crippen molar-refractivity contribution in [1.82, 2.24) is 10.2 Å². The van der Waals surface area contributed by atoms with E-state index < -0.39 is 0 Å². The van der Waals surface area contributed by atoms with Crippen LogP contribution < -0.4 is 10.5 Å². The molecule has 4 rings (SSSR count). The molecular weight excluding hydrogens is 380 g/mol. The van der Waals surface area contributed by atoms with E-state index in [-0.39, 0.29) is 11.8 Å². The second-order valence-electron chi connectivity index (χ2n) is 7.04. The highest BCUT2D eigenvalue weighted by Crippen LogP contribution is 2.44. The molecule has 0 amide bonds. The molecule has 1 aromatic heterocycles. The molecule has 1 atom stereocenters. The average molecular weight is 403 g/mol. The molecule has 1 aliphatic rings. The minimum atomic E-state index is -0.290. The van der Waals surface area contributed by atoms with Gasteiger partial charge in [-0.05, 0) is 36.6 Å². The predicted octanol–water partition coefficient (Wildman–Crippen LogP) is 4.79. The van der Waals surface area contributed by atoms with Crippen LogP contribution in [-0.4, -0.2) is 10.2 Å². The predicted molar refractivity (Wildman–Crippen MR) is 114 cm³/mol. The molecule has 0 radical (unpaired) electrons. The van der Waals surface area contributed by atoms with Gasteiger partial charge in [-0.15, -0.1) is 16.9 Å². The van der Waals surface area contributed by atoms with Gasteiger partial charge < -0.3 is 10.5 Å². The third-order valence-corrected chi connectivity index (χ3v) is 6.18. The van der Waals surface area contributed by atoms with Gasteiger partial charge >= 0.3 is 0 Å². The summed E-state index contributed by atoms with van der Waals surface area (Å²) in [6.07, 6.45) is 0.965. The zero-order valence-electron chi connectivity index (χ0n) is 16.4. The Balaban J connectivity index is 1.70. The summed E-state index contributed by atoms with van der Waals surface area (Å²) in [5, 5.41) is 17.2. The van der Waals surface area contributed by atoms with Gasteiger partial charge in [0.05, 0.1) is 17.2 Å². The maximum atomic E-state index is 9.78. The molecule has 0 fully saturated rings. The molecule has 6 heteroatoms. The Kier molecular flexibility index (Phi) is 5.32. The zero-order chi connectivity index (χ0) is 20.4. The topological polar surface area (TPSA) is 87.7 Å². The van der Waals surface area contributed by atoms with Crippen molar-refractivity contribution < 1.29 is 4.74 Å². The lowest BCUT2D eigenvalue weighted by Crippen LogP contribution is -2.21. The van der Waals surface area contributed by atoms with Crippen LogP contribution in [0.4, 0.5) is 0 Å². The molecule has 146 valence electrons. The largest absolute Gasteiger partial charge is 0.420 e. The molecule has 0 bridgehead atoms. The average Bonchev–Trinajstić information content (AvgIpc) is 3.14. The molecular formula is C23H22N4OS. The summed E-state index contributed by atoms with van der Waals surface area (Å²) < 4.78 is 5.66. The first-order chi connectivity index (χ1) is 14.1. The van der Waals surface area contributed by atoms with Crippen LogP contribution in [0.2, 0.25) is 0 Å². The molecule has 2 aromatic carbocycles. The van der Waals surface area contributed by atoms with Crippen LogP contribution in [0.25, 0.3) is 0 Å². The van der Waals surface area contributed by atoms with Gasteiger partial charge in [0.2, 0.25) is 11.8 Å². The minimum absolute atomic E-state index is 0.119. The van der Waals surface area contributed by atoms with Gasteiger partial charge in [-0.1, -0.05) is 48.9 Å². The van der Waals surface area contributed by atoms with E-state index in [0.29, 0.717) is 17.2 Å². The maximum absolute atomic E-state index is 9.78. The van der Waals surface area contributed by atoms with Crippen LogP contribution in [0.3, 0.4) is 0 Å². The summed E-state index contributed by atoms with van der Waals surface area (Å²) in [6.45, 7) is 4.20. The maximum Gasteiger partial charge on any atom is 0.244 e. The van der Waals surface area contributed by atoms with E-state index in [2.05, 4.69) is 78.6 Å². The summed E-state index contributed by atoms with van der Waals surface area (Å²) in [7, 11) is 0. The first-order valence-corrected chi connectivity index (χ1v) is 10.5. The van der Waals surface area contributed by atoms with E-state index in [1.807, 2.05) is 0 Å². The number of rotatable bonds is 5. The molecule has 2 heterocycles. The number of nitrogens with zero attached hydrogens (tertiary/aromatic N) is 2. The first kappa shape index (κ1) is 19.2. The lowest BCUT2D eigenvalue weighted by Gasteiger charge is -2.24. The SMILES string of the molecule is CCc1ccc([C@@H]2C(C#N)=C(N)Oc3n[nH]c(CSc4ccc(C)cc4)c32)cc1. The highest BCUT2D eigenvalue weighted by molar-refractivity contribution is 7.98. The lowest BCUT2D eigenvalue weighted by atomic mass is 9.84. The van der Waals surface area contributed by atoms with Crippen LogP contribution in [0.15, 0.2) is 64.9 Å². The van der Waals surface area contributed by atoms with Gasteiger partial charge in [-0.25, -0.2) is 0 Å². The third kappa shape index (κ3) is 3.74. The van der Waals surface area contributed by atoms with E-state index in [0.717, 1.165) is 23.2 Å². The van der Waals surface area contributed by atoms with E-state index in [9.17, 15) is 5.26 Å². The number of aromatic nitrogens is 2. The van der Waals surface area contributed by atoms with Gasteiger partial charge in [0.25, 0.3) is 0 Å². The fourth-order valence-electron chi connectivity index (χ4n) is 3.49. The number of allylic oxidation sites excluding steroid dienone is 1. The Bertz CT molecular complexity index is 1090. The molecule has 0 spiro atoms. The number of thioether (sulfide) groups is 1. The molecule has 0 unspecified atom stereocenters. The number of hydrogen-bond donors (Lipinski definition) is 2. The number of aryl methyl sites for hydroxylation is 2. The van der Waals surface area contributed by atoms with Gasteiger partial charge in [-0.3, -0.25) is 5.10 Å². The fourth-order valence-corrected chi connectivity index (χ4v) is 4.35. The summed E-state index contributed by atoms with van der Waals surface area (Å²) in [5.74, 6) is 0.970. The van der Waals surface area contributed by atoms with Gasteiger partial charge in [0, 0.05) is 10.6 Å². The number of nitriles is 1. The fraction of sp³-hybridized carbons (Fsp3) is 0.217. The number of ether oxygens (including phenoxy) is 1. The van der Waals surface area contributed by atoms with E-state index in [1.165, 1.54) is 16.0 Å². The van der Waals surface area contributed by atoms with Crippen molar-refractivity contribution in [2.75, 3.05) is 0 Å². The number of benzene rings is 2. The molecule has 29 heavy (non-hydrogen) atoms. The quantitative estimate of drug-likeness (QED) is 0.599. The first-order valence-electron chi connectivity index (χ1n) is 9.53. The Morgan fingerprint density at radius 3 is 2.55 bits per heavy atom. The van der Waals surface area contributed by atoms with Crippen LogP contribution in [0, 0.1) is 18.3 Å². The molecule has 1 aliphatic heterocycles. The van der Waals surface area contributed by atoms with Crippen LogP contribution in [0.5, 0.6) is 5.88 Å². The van der Waals surface area contributed by atoms with Crippen molar-refractivity contribution in [1.29, 1.82) is 5.26 Å². The normalized spacial score (nSPS) is 15.6. The van der Waals surface area contributed by atoms with Crippen molar-refractivity contribution in [3.63, 3.8) is 0 Å². The monoisotopic (exact) mass is 402 g/mol. The Hall–Kier alpha value is -3.17. The van der Waals surface area contributed by atoms with Gasteiger partial charge in [0.1, 0.15) is 11.6 Å². The number of nitrogens with two attached hydrogens (primary N) is 1. The second-order valence-corrected chi connectivity index (χ2v) is 8.09. The third-order valence-electron chi connectivity index (χ3n) is 5.14. The number of nitrogens with one attached hydrogen (secondary N) is 1. The molecule has 0 aliphatic carbocycles. The summed E-state index contributed by atoms with van der Waals surface area (Å²) in [4.78, 5) is 1.18. The van der Waals surface area contributed by atoms with Crippen LogP contribution >= 0.6 is 11.8 Å². The smallest absolute Gasteiger partial charge is 0.244 e. The standard InChI is InChI=1S/C23H22N4OS/c1-3-15-6-8-16(9-7-15)20-18(12-24)22(25)28-23-21(20)19(26-27-23)13-29-17-10-4-14(2)5-11-17/h4-11,20H,3,13,25H2,1-2H3,(H,26,27)/t20-/m1/s1. The lowest BCUT2D eigenvalue weighted by molar-refractivity contribution is 0.379. The molecule has 5 nitrogen and oxygen atoms in total. The summed E-state index contributed by atoms with van der Waals surface area (Å²) >= 11 is 1.72. The zero-order valence-corrected chi connectivity index (χ0v) is 17.2. The van der Waals surface area contributed by atoms with Crippen molar-refractivity contribution in [3.05, 3.63) is 87.9 Å². The Labute approximate surface area is 174 Å².